The zero-order valence-electron chi connectivity index (χ0n) is 38.0. The van der Waals surface area contributed by atoms with E-state index in [0.29, 0.717) is 29.6 Å². The van der Waals surface area contributed by atoms with Crippen molar-refractivity contribution in [1.29, 1.82) is 0 Å². The maximum absolute atomic E-state index is 12.9. The van der Waals surface area contributed by atoms with Crippen molar-refractivity contribution >= 4 is 11.9 Å². The topological polar surface area (TPSA) is 61.8 Å². The van der Waals surface area contributed by atoms with Crippen LogP contribution in [0.1, 0.15) is 202 Å². The van der Waals surface area contributed by atoms with Gasteiger partial charge in [0.15, 0.2) is 0 Å². The summed E-state index contributed by atoms with van der Waals surface area (Å²) in [7, 11) is 0. The predicted octanol–water partition coefficient (Wildman–Crippen LogP) is 14.7. The standard InChI is InChI=1S/C53H84O5/c1-7-8-12-18-40-20-22-41(23-21-40)51(55)58-44-27-25-43(26-28-44)56-36-14-11-9-10-13-19-50(54)57-45-32-34-52(5)42(37-45)24-29-46-48-31-30-47(39(4)17-15-16-38(2)3)53(48,6)35-33-49(46)52/h24-28,38-41,45-49H,7-23,29-37H2,1-6H3/t39-,40?,41?,45+,46+,47-,48+,49+,52+,53-/m1/s1. The van der Waals surface area contributed by atoms with Gasteiger partial charge >= 0.3 is 11.9 Å². The Bertz CT molecular complexity index is 1450. The summed E-state index contributed by atoms with van der Waals surface area (Å²) in [5.41, 5.74) is 2.43. The van der Waals surface area contributed by atoms with Crippen molar-refractivity contribution < 1.29 is 23.8 Å². The second kappa shape index (κ2) is 21.5. The van der Waals surface area contributed by atoms with Crippen LogP contribution in [0.15, 0.2) is 35.9 Å². The van der Waals surface area contributed by atoms with E-state index >= 15 is 0 Å². The molecule has 0 radical (unpaired) electrons. The van der Waals surface area contributed by atoms with Crippen molar-refractivity contribution in [1.82, 2.24) is 0 Å². The first-order chi connectivity index (χ1) is 28.0. The van der Waals surface area contributed by atoms with Crippen molar-refractivity contribution in [3.63, 3.8) is 0 Å². The van der Waals surface area contributed by atoms with Crippen LogP contribution in [0.25, 0.3) is 0 Å². The molecule has 1 aromatic carbocycles. The zero-order chi connectivity index (χ0) is 41.1. The Morgan fingerprint density at radius 1 is 0.759 bits per heavy atom. The lowest BCUT2D eigenvalue weighted by atomic mass is 9.47. The number of allylic oxidation sites excluding steroid dienone is 1. The van der Waals surface area contributed by atoms with Gasteiger partial charge in [-0.3, -0.25) is 9.59 Å². The monoisotopic (exact) mass is 801 g/mol. The molecule has 58 heavy (non-hydrogen) atoms. The quantitative estimate of drug-likeness (QED) is 0.0536. The molecule has 5 nitrogen and oxygen atoms in total. The summed E-state index contributed by atoms with van der Waals surface area (Å²) in [5.74, 6) is 7.28. The summed E-state index contributed by atoms with van der Waals surface area (Å²) < 4.78 is 17.8. The summed E-state index contributed by atoms with van der Waals surface area (Å²) in [6, 6.07) is 7.50. The molecule has 0 spiro atoms. The molecule has 6 rings (SSSR count). The average Bonchev–Trinajstić information content (AvgIpc) is 3.57. The van der Waals surface area contributed by atoms with Crippen molar-refractivity contribution in [3.05, 3.63) is 35.9 Å². The average molecular weight is 801 g/mol. The van der Waals surface area contributed by atoms with Crippen LogP contribution in [-0.2, 0) is 14.3 Å². The number of rotatable bonds is 21. The number of carbonyl (C=O) groups excluding carboxylic acids is 2. The van der Waals surface area contributed by atoms with Gasteiger partial charge in [0.1, 0.15) is 17.6 Å². The molecule has 0 N–H and O–H groups in total. The Morgan fingerprint density at radius 3 is 2.26 bits per heavy atom. The fourth-order valence-electron chi connectivity index (χ4n) is 13.3. The molecule has 0 saturated heterocycles. The second-order valence-electron chi connectivity index (χ2n) is 21.1. The first-order valence-corrected chi connectivity index (χ1v) is 24.8. The molecule has 1 aromatic rings. The highest BCUT2D eigenvalue weighted by molar-refractivity contribution is 5.75. The molecular weight excluding hydrogens is 717 g/mol. The van der Waals surface area contributed by atoms with Crippen molar-refractivity contribution in [2.24, 2.45) is 58.2 Å². The lowest BCUT2D eigenvalue weighted by molar-refractivity contribution is -0.151. The maximum atomic E-state index is 12.9. The first kappa shape index (κ1) is 45.2. The summed E-state index contributed by atoms with van der Waals surface area (Å²) in [5, 5.41) is 0. The Balaban J connectivity index is 0.822. The van der Waals surface area contributed by atoms with Gasteiger partial charge < -0.3 is 14.2 Å². The molecule has 4 saturated carbocycles. The van der Waals surface area contributed by atoms with E-state index in [0.717, 1.165) is 118 Å². The molecule has 326 valence electrons. The number of benzene rings is 1. The molecule has 0 aromatic heterocycles. The molecule has 0 aliphatic heterocycles. The van der Waals surface area contributed by atoms with Crippen LogP contribution in [0.3, 0.4) is 0 Å². The minimum atomic E-state index is -0.0773. The van der Waals surface area contributed by atoms with E-state index in [-0.39, 0.29) is 24.0 Å². The zero-order valence-corrected chi connectivity index (χ0v) is 38.0. The Labute approximate surface area is 355 Å². The molecule has 8 atom stereocenters. The number of hydrogen-bond acceptors (Lipinski definition) is 5. The van der Waals surface area contributed by atoms with E-state index in [1.807, 2.05) is 24.3 Å². The highest BCUT2D eigenvalue weighted by atomic mass is 16.5. The van der Waals surface area contributed by atoms with E-state index < -0.39 is 0 Å². The largest absolute Gasteiger partial charge is 0.494 e. The van der Waals surface area contributed by atoms with E-state index in [4.69, 9.17) is 14.2 Å². The van der Waals surface area contributed by atoms with Crippen LogP contribution < -0.4 is 9.47 Å². The Morgan fingerprint density at radius 2 is 1.50 bits per heavy atom. The smallest absolute Gasteiger partial charge is 0.314 e. The van der Waals surface area contributed by atoms with Crippen LogP contribution in [0, 0.1) is 58.2 Å². The SMILES string of the molecule is CCCCCC1CCC(C(=O)Oc2ccc(OCCCCCCCC(=O)O[C@H]3CC[C@@]4(C)C(=CC[C@H]5[C@@H]6CC[C@H]([C@H](C)CCCC(C)C)[C@@]6(C)CC[C@@H]54)C3)cc2)CC1. The minimum Gasteiger partial charge on any atom is -0.494 e. The van der Waals surface area contributed by atoms with E-state index in [1.165, 1.54) is 83.5 Å². The summed E-state index contributed by atoms with van der Waals surface area (Å²) in [4.78, 5) is 25.7. The normalized spacial score (nSPS) is 32.4. The summed E-state index contributed by atoms with van der Waals surface area (Å²) >= 11 is 0. The molecule has 5 aliphatic carbocycles. The van der Waals surface area contributed by atoms with Gasteiger partial charge in [0.05, 0.1) is 12.5 Å². The third-order valence-electron chi connectivity index (χ3n) is 16.8. The molecule has 0 heterocycles. The molecule has 0 bridgehead atoms. The second-order valence-corrected chi connectivity index (χ2v) is 21.1. The van der Waals surface area contributed by atoms with Gasteiger partial charge in [-0.15, -0.1) is 0 Å². The fourth-order valence-corrected chi connectivity index (χ4v) is 13.3. The Kier molecular flexibility index (Phi) is 16.7. The van der Waals surface area contributed by atoms with Gasteiger partial charge in [0, 0.05) is 12.8 Å². The summed E-state index contributed by atoms with van der Waals surface area (Å²) in [6.45, 7) is 15.5. The third-order valence-corrected chi connectivity index (χ3v) is 16.8. The number of ether oxygens (including phenoxy) is 3. The van der Waals surface area contributed by atoms with Crippen LogP contribution in [0.5, 0.6) is 11.5 Å². The molecule has 0 amide bonds. The number of carbonyl (C=O) groups is 2. The molecule has 5 heteroatoms. The van der Waals surface area contributed by atoms with Gasteiger partial charge in [-0.05, 0) is 160 Å². The van der Waals surface area contributed by atoms with Gasteiger partial charge in [-0.1, -0.05) is 117 Å². The van der Waals surface area contributed by atoms with Crippen molar-refractivity contribution in [2.75, 3.05) is 6.61 Å². The number of hydrogen-bond donors (Lipinski definition) is 0. The number of fused-ring (bicyclic) bond motifs is 5. The van der Waals surface area contributed by atoms with Gasteiger partial charge in [0.25, 0.3) is 0 Å². The highest BCUT2D eigenvalue weighted by Crippen LogP contribution is 2.67. The molecule has 4 fully saturated rings. The van der Waals surface area contributed by atoms with Gasteiger partial charge in [-0.25, -0.2) is 0 Å². The van der Waals surface area contributed by atoms with Crippen molar-refractivity contribution in [3.8, 4) is 11.5 Å². The Hall–Kier alpha value is -2.30. The van der Waals surface area contributed by atoms with Gasteiger partial charge in [-0.2, -0.15) is 0 Å². The molecule has 5 aliphatic rings. The van der Waals surface area contributed by atoms with Gasteiger partial charge in [0.2, 0.25) is 0 Å². The first-order valence-electron chi connectivity index (χ1n) is 24.8. The van der Waals surface area contributed by atoms with E-state index in [1.54, 1.807) is 5.57 Å². The summed E-state index contributed by atoms with van der Waals surface area (Å²) in [6.07, 6.45) is 32.1. The van der Waals surface area contributed by atoms with E-state index in [9.17, 15) is 9.59 Å². The number of esters is 2. The predicted molar refractivity (Wildman–Crippen MR) is 238 cm³/mol. The number of unbranched alkanes of at least 4 members (excludes halogenated alkanes) is 6. The van der Waals surface area contributed by atoms with Crippen LogP contribution in [0.2, 0.25) is 0 Å². The highest BCUT2D eigenvalue weighted by Gasteiger charge is 2.59. The third kappa shape index (κ3) is 11.5. The minimum absolute atomic E-state index is 0.00141. The van der Waals surface area contributed by atoms with E-state index in [2.05, 4.69) is 47.6 Å². The lowest BCUT2D eigenvalue weighted by Gasteiger charge is -2.58. The lowest BCUT2D eigenvalue weighted by Crippen LogP contribution is -2.51. The molecular formula is C53H84O5. The van der Waals surface area contributed by atoms with Crippen molar-refractivity contribution in [2.45, 2.75) is 208 Å². The molecule has 0 unspecified atom stereocenters. The van der Waals surface area contributed by atoms with Crippen LogP contribution in [0.4, 0.5) is 0 Å². The fraction of sp³-hybridized carbons (Fsp3) is 0.811. The van der Waals surface area contributed by atoms with Crippen LogP contribution >= 0.6 is 0 Å². The maximum Gasteiger partial charge on any atom is 0.314 e. The van der Waals surface area contributed by atoms with Crippen LogP contribution in [-0.4, -0.2) is 24.6 Å².